The highest BCUT2D eigenvalue weighted by Gasteiger charge is 2.34. The number of methoxy groups -OCH3 is 1. The molecule has 2 atom stereocenters. The maximum Gasteiger partial charge on any atom is 0.258 e. The largest absolute Gasteiger partial charge is 0.495 e. The first kappa shape index (κ1) is 31.5. The molecule has 10 heteroatoms. The minimum absolute atomic E-state index is 0.0107. The summed E-state index contributed by atoms with van der Waals surface area (Å²) >= 11 is 9.87. The molecule has 3 aromatic rings. The van der Waals surface area contributed by atoms with Crippen molar-refractivity contribution in [2.24, 2.45) is 0 Å². The lowest BCUT2D eigenvalue weighted by Crippen LogP contribution is -2.39. The Hall–Kier alpha value is -3.46. The number of amides is 2. The van der Waals surface area contributed by atoms with Crippen LogP contribution in [0.3, 0.4) is 0 Å². The van der Waals surface area contributed by atoms with Crippen LogP contribution >= 0.6 is 27.5 Å². The summed E-state index contributed by atoms with van der Waals surface area (Å²) < 4.78 is 6.23. The van der Waals surface area contributed by atoms with Gasteiger partial charge >= 0.3 is 0 Å². The van der Waals surface area contributed by atoms with Crippen molar-refractivity contribution in [3.63, 3.8) is 0 Å². The molecule has 1 aliphatic rings. The van der Waals surface area contributed by atoms with Crippen LogP contribution in [-0.2, 0) is 4.79 Å². The number of carbonyl (C=O) groups is 2. The van der Waals surface area contributed by atoms with E-state index in [1.165, 1.54) is 13.2 Å². The molecule has 4 rings (SSSR count). The van der Waals surface area contributed by atoms with Gasteiger partial charge in [0.05, 0.1) is 24.4 Å². The Morgan fingerprint density at radius 3 is 2.55 bits per heavy atom. The number of benzene rings is 3. The van der Waals surface area contributed by atoms with E-state index in [2.05, 4.69) is 38.1 Å². The van der Waals surface area contributed by atoms with E-state index in [-0.39, 0.29) is 17.9 Å². The fourth-order valence-electron chi connectivity index (χ4n) is 5.17. The highest BCUT2D eigenvalue weighted by molar-refractivity contribution is 9.10. The summed E-state index contributed by atoms with van der Waals surface area (Å²) in [6.45, 7) is 1.68. The molecule has 2 amide bonds. The minimum atomic E-state index is -0.511. The van der Waals surface area contributed by atoms with Crippen molar-refractivity contribution in [1.82, 2.24) is 9.80 Å². The van der Waals surface area contributed by atoms with Crippen molar-refractivity contribution in [3.05, 3.63) is 92.9 Å². The third-order valence-corrected chi connectivity index (χ3v) is 8.33. The number of nitrogens with zero attached hydrogens (tertiary/aromatic N) is 3. The lowest BCUT2D eigenvalue weighted by atomic mass is 9.99. The lowest BCUT2D eigenvalue weighted by Gasteiger charge is -2.31. The Labute approximate surface area is 260 Å². The number of rotatable bonds is 9. The lowest BCUT2D eigenvalue weighted by molar-refractivity contribution is 0.0979. The number of hydrogen-bond donors (Lipinski definition) is 1. The molecule has 1 N–H and O–H groups in total. The maximum absolute atomic E-state index is 14.2. The van der Waals surface area contributed by atoms with Crippen molar-refractivity contribution in [2.75, 3.05) is 51.6 Å². The first-order chi connectivity index (χ1) is 20.1. The van der Waals surface area contributed by atoms with Crippen LogP contribution in [0.25, 0.3) is 0 Å². The van der Waals surface area contributed by atoms with Crippen molar-refractivity contribution in [3.8, 4) is 5.75 Å². The van der Waals surface area contributed by atoms with Crippen LogP contribution in [0.15, 0.2) is 71.2 Å². The van der Waals surface area contributed by atoms with E-state index in [0.717, 1.165) is 18.7 Å². The first-order valence-corrected chi connectivity index (χ1v) is 14.7. The number of anilines is 2. The maximum atomic E-state index is 14.2. The average Bonchev–Trinajstić information content (AvgIpc) is 3.12. The molecule has 0 bridgehead atoms. The standard InChI is InChI=1S/C32H34BrClN4O4/c1-36(2)16-17-37(3)28-14-11-23(15-18-39)38(29-13-10-22(34)20-25(28)29)32(41)21-9-12-27(30(19-21)42-4)35-31(40)24-7-5-6-8-26(24)33/h5-10,12-13,15,19-20,23,28H,11,14,16-17H2,1-4H3,(H,35,40). The molecular weight excluding hydrogens is 620 g/mol. The number of fused-ring (bicyclic) bond motifs is 1. The van der Waals surface area contributed by atoms with Gasteiger partial charge in [0.15, 0.2) is 0 Å². The van der Waals surface area contributed by atoms with E-state index >= 15 is 0 Å². The Morgan fingerprint density at radius 1 is 1.10 bits per heavy atom. The molecule has 0 aliphatic carbocycles. The molecule has 1 aliphatic heterocycles. The summed E-state index contributed by atoms with van der Waals surface area (Å²) in [5.41, 5.74) is 2.84. The van der Waals surface area contributed by atoms with Crippen molar-refractivity contribution >= 4 is 56.7 Å². The SMILES string of the molecule is COc1cc(C(=O)N2c3ccc(Cl)cc3C(N(C)CCN(C)C)CCC2C=C=O)ccc1NC(=O)c1ccccc1Br. The molecule has 2 unspecified atom stereocenters. The number of likely N-dealkylation sites (N-methyl/N-ethyl adjacent to an activating group) is 2. The number of halogens is 2. The molecule has 42 heavy (non-hydrogen) atoms. The van der Waals surface area contributed by atoms with Gasteiger partial charge in [-0.15, -0.1) is 0 Å². The van der Waals surface area contributed by atoms with Crippen LogP contribution in [-0.4, -0.2) is 74.9 Å². The van der Waals surface area contributed by atoms with Crippen LogP contribution in [0, 0.1) is 0 Å². The van der Waals surface area contributed by atoms with Crippen LogP contribution < -0.4 is 15.0 Å². The van der Waals surface area contributed by atoms with Crippen LogP contribution in [0.4, 0.5) is 11.4 Å². The topological polar surface area (TPSA) is 82.2 Å². The molecule has 8 nitrogen and oxygen atoms in total. The van der Waals surface area contributed by atoms with Gasteiger partial charge in [0, 0.05) is 46.0 Å². The summed E-state index contributed by atoms with van der Waals surface area (Å²) in [6.07, 6.45) is 2.68. The Morgan fingerprint density at radius 2 is 1.86 bits per heavy atom. The van der Waals surface area contributed by atoms with Gasteiger partial charge in [-0.3, -0.25) is 14.5 Å². The van der Waals surface area contributed by atoms with Crippen molar-refractivity contribution < 1.29 is 19.1 Å². The third kappa shape index (κ3) is 7.12. The number of carbonyl (C=O) groups excluding carboxylic acids is 3. The van der Waals surface area contributed by atoms with E-state index in [1.807, 2.05) is 38.2 Å². The smallest absolute Gasteiger partial charge is 0.258 e. The molecule has 1 heterocycles. The zero-order chi connectivity index (χ0) is 30.4. The van der Waals surface area contributed by atoms with Gasteiger partial charge in [-0.05, 0) is 104 Å². The molecule has 220 valence electrons. The average molecular weight is 654 g/mol. The number of nitrogens with one attached hydrogen (secondary N) is 1. The van der Waals surface area contributed by atoms with Gasteiger partial charge in [0.1, 0.15) is 11.7 Å². The van der Waals surface area contributed by atoms with Crippen molar-refractivity contribution in [2.45, 2.75) is 24.9 Å². The van der Waals surface area contributed by atoms with Gasteiger partial charge in [-0.1, -0.05) is 23.7 Å². The summed E-state index contributed by atoms with van der Waals surface area (Å²) in [4.78, 5) is 44.8. The molecule has 3 aromatic carbocycles. The summed E-state index contributed by atoms with van der Waals surface area (Å²) in [6, 6.07) is 17.0. The number of hydrogen-bond acceptors (Lipinski definition) is 6. The van der Waals surface area contributed by atoms with Crippen LogP contribution in [0.2, 0.25) is 5.02 Å². The highest BCUT2D eigenvalue weighted by atomic mass is 79.9. The molecule has 0 radical (unpaired) electrons. The Bertz CT molecular complexity index is 1510. The highest BCUT2D eigenvalue weighted by Crippen LogP contribution is 2.41. The number of ether oxygens (including phenoxy) is 1. The van der Waals surface area contributed by atoms with E-state index in [9.17, 15) is 14.4 Å². The molecule has 0 aromatic heterocycles. The van der Waals surface area contributed by atoms with Crippen LogP contribution in [0.5, 0.6) is 5.75 Å². The van der Waals surface area contributed by atoms with E-state index in [1.54, 1.807) is 47.4 Å². The van der Waals surface area contributed by atoms with Gasteiger partial charge in [0.25, 0.3) is 11.8 Å². The van der Waals surface area contributed by atoms with E-state index < -0.39 is 6.04 Å². The molecule has 0 spiro atoms. The monoisotopic (exact) mass is 652 g/mol. The van der Waals surface area contributed by atoms with Crippen molar-refractivity contribution in [1.29, 1.82) is 0 Å². The molecular formula is C32H34BrClN4O4. The van der Waals surface area contributed by atoms with Crippen LogP contribution in [0.1, 0.15) is 45.2 Å². The summed E-state index contributed by atoms with van der Waals surface area (Å²) in [5, 5.41) is 3.44. The minimum Gasteiger partial charge on any atom is -0.495 e. The van der Waals surface area contributed by atoms with Gasteiger partial charge in [0.2, 0.25) is 0 Å². The summed E-state index contributed by atoms with van der Waals surface area (Å²) in [5.74, 6) is 1.61. The quantitative estimate of drug-likeness (QED) is 0.282. The second kappa shape index (κ2) is 14.1. The molecule has 0 fully saturated rings. The molecule has 0 saturated carbocycles. The Balaban J connectivity index is 1.71. The Kier molecular flexibility index (Phi) is 10.6. The first-order valence-electron chi connectivity index (χ1n) is 13.6. The second-order valence-corrected chi connectivity index (χ2v) is 11.7. The molecule has 0 saturated heterocycles. The van der Waals surface area contributed by atoms with Gasteiger partial charge < -0.3 is 19.9 Å². The van der Waals surface area contributed by atoms with Gasteiger partial charge in [-0.2, -0.15) is 0 Å². The predicted molar refractivity (Wildman–Crippen MR) is 171 cm³/mol. The zero-order valence-corrected chi connectivity index (χ0v) is 26.4. The second-order valence-electron chi connectivity index (χ2n) is 10.5. The van der Waals surface area contributed by atoms with E-state index in [0.29, 0.717) is 50.6 Å². The van der Waals surface area contributed by atoms with Gasteiger partial charge in [-0.25, -0.2) is 4.79 Å². The summed E-state index contributed by atoms with van der Waals surface area (Å²) in [7, 11) is 7.60. The third-order valence-electron chi connectivity index (χ3n) is 7.40. The normalized spacial score (nSPS) is 16.4. The fraction of sp³-hybridized carbons (Fsp3) is 0.312. The fourth-order valence-corrected chi connectivity index (χ4v) is 5.82. The predicted octanol–water partition coefficient (Wildman–Crippen LogP) is 6.09. The zero-order valence-electron chi connectivity index (χ0n) is 24.1. The van der Waals surface area contributed by atoms with E-state index in [4.69, 9.17) is 16.3 Å².